The number of rotatable bonds is 4. The van der Waals surface area contributed by atoms with Crippen molar-refractivity contribution in [1.82, 2.24) is 5.32 Å². The molecule has 1 aromatic carbocycles. The van der Waals surface area contributed by atoms with Gasteiger partial charge in [0.2, 0.25) is 0 Å². The van der Waals surface area contributed by atoms with Gasteiger partial charge in [0, 0.05) is 11.5 Å². The van der Waals surface area contributed by atoms with Crippen molar-refractivity contribution in [3.63, 3.8) is 0 Å². The molecule has 0 radical (unpaired) electrons. The Labute approximate surface area is 122 Å². The molecule has 1 N–H and O–H groups in total. The molecular formula is C13H17Cl2NOS. The van der Waals surface area contributed by atoms with Crippen molar-refractivity contribution in [2.75, 3.05) is 24.7 Å². The largest absolute Gasteiger partial charge is 0.375 e. The lowest BCUT2D eigenvalue weighted by molar-refractivity contribution is 0.0472. The molecule has 1 saturated heterocycles. The maximum atomic E-state index is 6.31. The molecule has 100 valence electrons. The highest BCUT2D eigenvalue weighted by atomic mass is 35.5. The molecule has 1 heterocycles. The summed E-state index contributed by atoms with van der Waals surface area (Å²) in [7, 11) is 0. The first kappa shape index (κ1) is 14.5. The predicted molar refractivity (Wildman–Crippen MR) is 79.9 cm³/mol. The first-order valence-corrected chi connectivity index (χ1v) is 8.01. The summed E-state index contributed by atoms with van der Waals surface area (Å²) in [5.74, 6) is 2.05. The van der Waals surface area contributed by atoms with Crippen molar-refractivity contribution in [1.29, 1.82) is 0 Å². The molecule has 0 saturated carbocycles. The number of hydrogen-bond acceptors (Lipinski definition) is 3. The third kappa shape index (κ3) is 3.34. The summed E-state index contributed by atoms with van der Waals surface area (Å²) in [5.41, 5.74) is 1.03. The van der Waals surface area contributed by atoms with Crippen LogP contribution in [0.5, 0.6) is 0 Å². The Balaban J connectivity index is 2.25. The molecule has 0 bridgehead atoms. The molecule has 2 atom stereocenters. The fourth-order valence-electron chi connectivity index (χ4n) is 2.12. The van der Waals surface area contributed by atoms with Crippen LogP contribution in [0.3, 0.4) is 0 Å². The Bertz CT molecular complexity index is 397. The van der Waals surface area contributed by atoms with Gasteiger partial charge >= 0.3 is 0 Å². The van der Waals surface area contributed by atoms with E-state index in [0.29, 0.717) is 10.0 Å². The van der Waals surface area contributed by atoms with Crippen LogP contribution in [-0.4, -0.2) is 30.8 Å². The van der Waals surface area contributed by atoms with E-state index >= 15 is 0 Å². The zero-order valence-electron chi connectivity index (χ0n) is 10.3. The smallest absolute Gasteiger partial charge is 0.0860 e. The second-order valence-corrected chi connectivity index (χ2v) is 6.10. The van der Waals surface area contributed by atoms with Gasteiger partial charge in [0.25, 0.3) is 0 Å². The van der Waals surface area contributed by atoms with E-state index in [-0.39, 0.29) is 12.1 Å². The van der Waals surface area contributed by atoms with E-state index in [2.05, 4.69) is 12.2 Å². The van der Waals surface area contributed by atoms with E-state index in [0.717, 1.165) is 30.2 Å². The van der Waals surface area contributed by atoms with Crippen LogP contribution in [0.25, 0.3) is 0 Å². The lowest BCUT2D eigenvalue weighted by Gasteiger charge is -2.31. The van der Waals surface area contributed by atoms with Gasteiger partial charge in [0.1, 0.15) is 0 Å². The van der Waals surface area contributed by atoms with Crippen molar-refractivity contribution < 1.29 is 4.74 Å². The number of likely N-dealkylation sites (N-methyl/N-ethyl adjacent to an activating group) is 1. The summed E-state index contributed by atoms with van der Waals surface area (Å²) in [5, 5.41) is 4.68. The quantitative estimate of drug-likeness (QED) is 0.915. The van der Waals surface area contributed by atoms with Gasteiger partial charge in [-0.25, -0.2) is 0 Å². The molecule has 1 aromatic rings. The summed E-state index contributed by atoms with van der Waals surface area (Å²) in [6.45, 7) is 3.76. The molecule has 0 aromatic heterocycles. The Morgan fingerprint density at radius 3 is 3.00 bits per heavy atom. The number of benzene rings is 1. The maximum Gasteiger partial charge on any atom is 0.0860 e. The summed E-state index contributed by atoms with van der Waals surface area (Å²) < 4.78 is 5.86. The standard InChI is InChI=1S/C13H17Cl2NOS/c1-2-16-13(11-8-18-7-6-17-11)9-4-3-5-10(14)12(9)15/h3-5,11,13,16H,2,6-8H2,1H3. The monoisotopic (exact) mass is 305 g/mol. The van der Waals surface area contributed by atoms with Crippen LogP contribution < -0.4 is 5.32 Å². The molecule has 0 aliphatic carbocycles. The van der Waals surface area contributed by atoms with Crippen LogP contribution in [0.1, 0.15) is 18.5 Å². The molecule has 2 rings (SSSR count). The zero-order valence-corrected chi connectivity index (χ0v) is 12.6. The molecule has 2 unspecified atom stereocenters. The predicted octanol–water partition coefficient (Wildman–Crippen LogP) is 3.78. The van der Waals surface area contributed by atoms with Crippen molar-refractivity contribution in [3.8, 4) is 0 Å². The second-order valence-electron chi connectivity index (χ2n) is 4.16. The van der Waals surface area contributed by atoms with Gasteiger partial charge < -0.3 is 10.1 Å². The number of hydrogen-bond donors (Lipinski definition) is 1. The zero-order chi connectivity index (χ0) is 13.0. The van der Waals surface area contributed by atoms with E-state index in [4.69, 9.17) is 27.9 Å². The minimum atomic E-state index is 0.106. The van der Waals surface area contributed by atoms with Crippen LogP contribution in [-0.2, 0) is 4.74 Å². The molecule has 5 heteroatoms. The molecule has 0 amide bonds. The SMILES string of the molecule is CCNC(c1cccc(Cl)c1Cl)C1CSCCO1. The highest BCUT2D eigenvalue weighted by molar-refractivity contribution is 7.99. The van der Waals surface area contributed by atoms with Gasteiger partial charge in [-0.15, -0.1) is 0 Å². The van der Waals surface area contributed by atoms with Crippen LogP contribution in [0.2, 0.25) is 10.0 Å². The Morgan fingerprint density at radius 2 is 2.33 bits per heavy atom. The van der Waals surface area contributed by atoms with Crippen LogP contribution in [0.15, 0.2) is 18.2 Å². The molecule has 18 heavy (non-hydrogen) atoms. The van der Waals surface area contributed by atoms with E-state index in [1.807, 2.05) is 30.0 Å². The Kier molecular flexibility index (Phi) is 5.64. The molecule has 0 spiro atoms. The topological polar surface area (TPSA) is 21.3 Å². The number of ether oxygens (including phenoxy) is 1. The summed E-state index contributed by atoms with van der Waals surface area (Å²) in [4.78, 5) is 0. The lowest BCUT2D eigenvalue weighted by atomic mass is 10.0. The van der Waals surface area contributed by atoms with Gasteiger partial charge in [-0.3, -0.25) is 0 Å². The normalized spacial score (nSPS) is 21.8. The second kappa shape index (κ2) is 7.01. The van der Waals surface area contributed by atoms with E-state index in [9.17, 15) is 0 Å². The van der Waals surface area contributed by atoms with Gasteiger partial charge in [-0.05, 0) is 18.2 Å². The van der Waals surface area contributed by atoms with Crippen molar-refractivity contribution in [3.05, 3.63) is 33.8 Å². The summed E-state index contributed by atoms with van der Waals surface area (Å²) in [6.07, 6.45) is 0.152. The third-order valence-electron chi connectivity index (χ3n) is 2.95. The van der Waals surface area contributed by atoms with Crippen LogP contribution in [0, 0.1) is 0 Å². The molecule has 1 aliphatic heterocycles. The highest BCUT2D eigenvalue weighted by Crippen LogP contribution is 2.34. The fraction of sp³-hybridized carbons (Fsp3) is 0.538. The number of thioether (sulfide) groups is 1. The Morgan fingerprint density at radius 1 is 1.50 bits per heavy atom. The van der Waals surface area contributed by atoms with Gasteiger partial charge in [0.15, 0.2) is 0 Å². The Hall–Kier alpha value is 0.0700. The first-order valence-electron chi connectivity index (χ1n) is 6.10. The van der Waals surface area contributed by atoms with Gasteiger partial charge in [-0.2, -0.15) is 11.8 Å². The summed E-state index contributed by atoms with van der Waals surface area (Å²) >= 11 is 14.3. The van der Waals surface area contributed by atoms with Crippen molar-refractivity contribution in [2.45, 2.75) is 19.1 Å². The van der Waals surface area contributed by atoms with Crippen molar-refractivity contribution >= 4 is 35.0 Å². The van der Waals surface area contributed by atoms with E-state index < -0.39 is 0 Å². The molecule has 2 nitrogen and oxygen atoms in total. The van der Waals surface area contributed by atoms with Crippen molar-refractivity contribution in [2.24, 2.45) is 0 Å². The first-order chi connectivity index (χ1) is 8.74. The van der Waals surface area contributed by atoms with Gasteiger partial charge in [0.05, 0.1) is 28.8 Å². The highest BCUT2D eigenvalue weighted by Gasteiger charge is 2.27. The third-order valence-corrected chi connectivity index (χ3v) is 4.81. The summed E-state index contributed by atoms with van der Waals surface area (Å²) in [6, 6.07) is 5.87. The van der Waals surface area contributed by atoms with E-state index in [1.54, 1.807) is 0 Å². The molecule has 1 aliphatic rings. The van der Waals surface area contributed by atoms with E-state index in [1.165, 1.54) is 0 Å². The number of nitrogens with one attached hydrogen (secondary N) is 1. The minimum Gasteiger partial charge on any atom is -0.375 e. The molecular weight excluding hydrogens is 289 g/mol. The van der Waals surface area contributed by atoms with Crippen LogP contribution in [0.4, 0.5) is 0 Å². The van der Waals surface area contributed by atoms with Crippen LogP contribution >= 0.6 is 35.0 Å². The average molecular weight is 306 g/mol. The minimum absolute atomic E-state index is 0.106. The fourth-order valence-corrected chi connectivity index (χ4v) is 3.45. The number of halogens is 2. The average Bonchev–Trinajstić information content (AvgIpc) is 2.41. The maximum absolute atomic E-state index is 6.31. The van der Waals surface area contributed by atoms with Gasteiger partial charge in [-0.1, -0.05) is 42.3 Å². The lowest BCUT2D eigenvalue weighted by Crippen LogP contribution is -2.38. The molecule has 1 fully saturated rings.